The monoisotopic (exact) mass is 250 g/mol. The molecule has 0 aliphatic heterocycles. The van der Waals surface area contributed by atoms with Crippen molar-refractivity contribution >= 4 is 5.91 Å². The number of nitrogens with one attached hydrogen (secondary N) is 2. The highest BCUT2D eigenvalue weighted by Gasteiger charge is 2.29. The SMILES string of the molecule is CCNCCC(=O)NC1CCCC1n1ccnc1. The molecule has 1 fully saturated rings. The molecule has 2 atom stereocenters. The Hall–Kier alpha value is -1.36. The lowest BCUT2D eigenvalue weighted by molar-refractivity contribution is -0.121. The third kappa shape index (κ3) is 3.32. The minimum atomic E-state index is 0.146. The van der Waals surface area contributed by atoms with Crippen LogP contribution in [0.3, 0.4) is 0 Å². The Labute approximate surface area is 108 Å². The molecule has 1 aliphatic carbocycles. The molecule has 0 bridgehead atoms. The summed E-state index contributed by atoms with van der Waals surface area (Å²) >= 11 is 0. The largest absolute Gasteiger partial charge is 0.351 e. The van der Waals surface area contributed by atoms with Gasteiger partial charge < -0.3 is 15.2 Å². The molecule has 1 aliphatic rings. The molecule has 5 nitrogen and oxygen atoms in total. The van der Waals surface area contributed by atoms with Crippen LogP contribution in [-0.2, 0) is 4.79 Å². The maximum absolute atomic E-state index is 11.8. The van der Waals surface area contributed by atoms with Gasteiger partial charge in [0, 0.05) is 31.4 Å². The first-order chi connectivity index (χ1) is 8.81. The average molecular weight is 250 g/mol. The van der Waals surface area contributed by atoms with Crippen molar-refractivity contribution in [2.45, 2.75) is 44.7 Å². The Balaban J connectivity index is 1.83. The third-order valence-electron chi connectivity index (χ3n) is 3.51. The molecule has 0 spiro atoms. The topological polar surface area (TPSA) is 59.0 Å². The molecule has 1 aromatic rings. The molecule has 0 saturated heterocycles. The van der Waals surface area contributed by atoms with Crippen LogP contribution in [0.4, 0.5) is 0 Å². The maximum Gasteiger partial charge on any atom is 0.221 e. The van der Waals surface area contributed by atoms with Crippen molar-refractivity contribution < 1.29 is 4.79 Å². The van der Waals surface area contributed by atoms with Gasteiger partial charge in [0.05, 0.1) is 12.4 Å². The number of hydrogen-bond donors (Lipinski definition) is 2. The van der Waals surface area contributed by atoms with E-state index in [2.05, 4.69) is 20.2 Å². The van der Waals surface area contributed by atoms with Crippen LogP contribution in [-0.4, -0.2) is 34.6 Å². The van der Waals surface area contributed by atoms with Crippen molar-refractivity contribution in [2.24, 2.45) is 0 Å². The molecule has 2 rings (SSSR count). The second-order valence-electron chi connectivity index (χ2n) is 4.79. The predicted molar refractivity (Wildman–Crippen MR) is 70.2 cm³/mol. The first kappa shape index (κ1) is 13.1. The number of carbonyl (C=O) groups is 1. The molecule has 5 heteroatoms. The fourth-order valence-electron chi connectivity index (χ4n) is 2.59. The van der Waals surface area contributed by atoms with E-state index in [4.69, 9.17) is 0 Å². The molecule has 0 radical (unpaired) electrons. The molecule has 1 saturated carbocycles. The number of amides is 1. The van der Waals surface area contributed by atoms with Crippen molar-refractivity contribution in [3.05, 3.63) is 18.7 Å². The second kappa shape index (κ2) is 6.54. The Bertz CT molecular complexity index is 363. The summed E-state index contributed by atoms with van der Waals surface area (Å²) < 4.78 is 2.11. The standard InChI is InChI=1S/C13H22N4O/c1-2-14-7-6-13(18)16-11-4-3-5-12(11)17-9-8-15-10-17/h8-12,14H,2-7H2,1H3,(H,16,18). The predicted octanol–water partition coefficient (Wildman–Crippen LogP) is 1.09. The van der Waals surface area contributed by atoms with Gasteiger partial charge in [0.1, 0.15) is 0 Å². The van der Waals surface area contributed by atoms with Crippen molar-refractivity contribution in [1.29, 1.82) is 0 Å². The van der Waals surface area contributed by atoms with Gasteiger partial charge in [0.25, 0.3) is 0 Å². The highest BCUT2D eigenvalue weighted by molar-refractivity contribution is 5.76. The van der Waals surface area contributed by atoms with E-state index in [1.165, 1.54) is 6.42 Å². The van der Waals surface area contributed by atoms with Crippen molar-refractivity contribution in [3.63, 3.8) is 0 Å². The van der Waals surface area contributed by atoms with Crippen LogP contribution in [0, 0.1) is 0 Å². The van der Waals surface area contributed by atoms with Crippen LogP contribution in [0.2, 0.25) is 0 Å². The van der Waals surface area contributed by atoms with E-state index in [1.807, 2.05) is 19.4 Å². The molecule has 1 heterocycles. The fourth-order valence-corrected chi connectivity index (χ4v) is 2.59. The van der Waals surface area contributed by atoms with Gasteiger partial charge in [-0.3, -0.25) is 4.79 Å². The lowest BCUT2D eigenvalue weighted by Crippen LogP contribution is -2.39. The zero-order valence-corrected chi connectivity index (χ0v) is 10.9. The number of nitrogens with zero attached hydrogens (tertiary/aromatic N) is 2. The molecule has 1 aromatic heterocycles. The molecule has 2 unspecified atom stereocenters. The van der Waals surface area contributed by atoms with Crippen LogP contribution in [0.1, 0.15) is 38.6 Å². The molecular weight excluding hydrogens is 228 g/mol. The summed E-state index contributed by atoms with van der Waals surface area (Å²) in [5, 5.41) is 6.32. The zero-order valence-electron chi connectivity index (χ0n) is 10.9. The summed E-state index contributed by atoms with van der Waals surface area (Å²) in [7, 11) is 0. The average Bonchev–Trinajstić information content (AvgIpc) is 2.99. The van der Waals surface area contributed by atoms with E-state index >= 15 is 0 Å². The smallest absolute Gasteiger partial charge is 0.221 e. The van der Waals surface area contributed by atoms with Gasteiger partial charge in [-0.05, 0) is 25.8 Å². The molecule has 18 heavy (non-hydrogen) atoms. The van der Waals surface area contributed by atoms with Gasteiger partial charge in [-0.15, -0.1) is 0 Å². The van der Waals surface area contributed by atoms with Gasteiger partial charge in [-0.25, -0.2) is 4.98 Å². The van der Waals surface area contributed by atoms with Gasteiger partial charge in [0.2, 0.25) is 5.91 Å². The van der Waals surface area contributed by atoms with Gasteiger partial charge in [-0.2, -0.15) is 0 Å². The Morgan fingerprint density at radius 3 is 3.11 bits per heavy atom. The summed E-state index contributed by atoms with van der Waals surface area (Å²) in [5.41, 5.74) is 0. The van der Waals surface area contributed by atoms with Crippen LogP contribution >= 0.6 is 0 Å². The highest BCUT2D eigenvalue weighted by Crippen LogP contribution is 2.29. The number of imidazole rings is 1. The summed E-state index contributed by atoms with van der Waals surface area (Å²) in [6.07, 6.45) is 9.52. The minimum absolute atomic E-state index is 0.146. The Kier molecular flexibility index (Phi) is 4.75. The van der Waals surface area contributed by atoms with Gasteiger partial charge in [0.15, 0.2) is 0 Å². The van der Waals surface area contributed by atoms with E-state index in [1.54, 1.807) is 6.20 Å². The minimum Gasteiger partial charge on any atom is -0.351 e. The summed E-state index contributed by atoms with van der Waals surface area (Å²) in [5.74, 6) is 0.146. The number of carbonyl (C=O) groups excluding carboxylic acids is 1. The van der Waals surface area contributed by atoms with Gasteiger partial charge >= 0.3 is 0 Å². The molecular formula is C13H22N4O. The van der Waals surface area contributed by atoms with Crippen LogP contribution in [0.25, 0.3) is 0 Å². The first-order valence-electron chi connectivity index (χ1n) is 6.78. The number of rotatable bonds is 6. The van der Waals surface area contributed by atoms with Crippen LogP contribution in [0.15, 0.2) is 18.7 Å². The van der Waals surface area contributed by atoms with Crippen LogP contribution in [0.5, 0.6) is 0 Å². The quantitative estimate of drug-likeness (QED) is 0.743. The Morgan fingerprint density at radius 1 is 1.50 bits per heavy atom. The van der Waals surface area contributed by atoms with E-state index in [0.29, 0.717) is 12.5 Å². The summed E-state index contributed by atoms with van der Waals surface area (Å²) in [4.78, 5) is 15.9. The van der Waals surface area contributed by atoms with Crippen molar-refractivity contribution in [2.75, 3.05) is 13.1 Å². The highest BCUT2D eigenvalue weighted by atomic mass is 16.1. The normalized spacial score (nSPS) is 23.2. The van der Waals surface area contributed by atoms with E-state index in [9.17, 15) is 4.79 Å². The summed E-state index contributed by atoms with van der Waals surface area (Å²) in [6, 6.07) is 0.629. The van der Waals surface area contributed by atoms with Crippen molar-refractivity contribution in [3.8, 4) is 0 Å². The Morgan fingerprint density at radius 2 is 2.39 bits per heavy atom. The number of hydrogen-bond acceptors (Lipinski definition) is 3. The van der Waals surface area contributed by atoms with Gasteiger partial charge in [-0.1, -0.05) is 6.92 Å². The van der Waals surface area contributed by atoms with E-state index in [0.717, 1.165) is 25.9 Å². The second-order valence-corrected chi connectivity index (χ2v) is 4.79. The lowest BCUT2D eigenvalue weighted by Gasteiger charge is -2.22. The number of aromatic nitrogens is 2. The van der Waals surface area contributed by atoms with E-state index in [-0.39, 0.29) is 11.9 Å². The van der Waals surface area contributed by atoms with Crippen LogP contribution < -0.4 is 10.6 Å². The van der Waals surface area contributed by atoms with E-state index < -0.39 is 0 Å². The molecule has 1 amide bonds. The summed E-state index contributed by atoms with van der Waals surface area (Å²) in [6.45, 7) is 3.71. The maximum atomic E-state index is 11.8. The van der Waals surface area contributed by atoms with Crippen molar-refractivity contribution in [1.82, 2.24) is 20.2 Å². The third-order valence-corrected chi connectivity index (χ3v) is 3.51. The fraction of sp³-hybridized carbons (Fsp3) is 0.692. The molecule has 100 valence electrons. The lowest BCUT2D eigenvalue weighted by atomic mass is 10.1. The molecule has 2 N–H and O–H groups in total. The zero-order chi connectivity index (χ0) is 12.8. The molecule has 0 aromatic carbocycles. The first-order valence-corrected chi connectivity index (χ1v) is 6.78.